The molecule has 0 saturated carbocycles. The molecule has 0 aromatic carbocycles. The summed E-state index contributed by atoms with van der Waals surface area (Å²) in [6, 6.07) is 0. The Hall–Kier alpha value is -1.69. The molecule has 1 aromatic rings. The lowest BCUT2D eigenvalue weighted by molar-refractivity contribution is 0.128. The van der Waals surface area contributed by atoms with E-state index in [0.717, 1.165) is 0 Å². The largest absolute Gasteiger partial charge is 0.382 e. The minimum absolute atomic E-state index is 0.0840. The van der Waals surface area contributed by atoms with Gasteiger partial charge in [0.1, 0.15) is 17.3 Å². The van der Waals surface area contributed by atoms with Gasteiger partial charge in [-0.2, -0.15) is 0 Å². The summed E-state index contributed by atoms with van der Waals surface area (Å²) < 4.78 is 5.07. The maximum absolute atomic E-state index is 7.14. The summed E-state index contributed by atoms with van der Waals surface area (Å²) in [5.41, 5.74) is 5.62. The molecule has 0 fully saturated rings. The van der Waals surface area contributed by atoms with Crippen LogP contribution in [0.1, 0.15) is 12.6 Å². The fourth-order valence-corrected chi connectivity index (χ4v) is 0.890. The maximum Gasteiger partial charge on any atom is 0.144 e. The summed E-state index contributed by atoms with van der Waals surface area (Å²) in [5, 5.41) is 10.2. The van der Waals surface area contributed by atoms with Gasteiger partial charge in [-0.15, -0.1) is 0 Å². The molecule has 4 N–H and O–H groups in total. The van der Waals surface area contributed by atoms with Crippen LogP contribution < -0.4 is 11.1 Å². The Kier molecular flexibility index (Phi) is 3.99. The summed E-state index contributed by atoms with van der Waals surface area (Å²) >= 11 is 0. The molecule has 0 bridgehead atoms. The molecule has 0 aliphatic rings. The summed E-state index contributed by atoms with van der Waals surface area (Å²) in [6.45, 7) is 2.61. The number of nitrogens with one attached hydrogen (secondary N) is 2. The fraction of sp³-hybridized carbons (Fsp3) is 0.444. The summed E-state index contributed by atoms with van der Waals surface area (Å²) in [4.78, 5) is 8.02. The monoisotopic (exact) mass is 209 g/mol. The van der Waals surface area contributed by atoms with Gasteiger partial charge in [0, 0.05) is 13.7 Å². The van der Waals surface area contributed by atoms with Crippen molar-refractivity contribution < 1.29 is 4.74 Å². The molecular formula is C9H15N5O. The van der Waals surface area contributed by atoms with Crippen molar-refractivity contribution in [2.24, 2.45) is 5.73 Å². The van der Waals surface area contributed by atoms with E-state index in [4.69, 9.17) is 15.9 Å². The van der Waals surface area contributed by atoms with E-state index < -0.39 is 0 Å². The molecule has 1 unspecified atom stereocenters. The average Bonchev–Trinajstić information content (AvgIpc) is 2.26. The molecule has 1 heterocycles. The number of nitrogen functional groups attached to an aromatic ring is 1. The van der Waals surface area contributed by atoms with Crippen molar-refractivity contribution in [2.45, 2.75) is 13.0 Å². The van der Waals surface area contributed by atoms with Crippen LogP contribution in [-0.2, 0) is 4.74 Å². The number of aromatic nitrogens is 2. The number of hydrogen-bond acceptors (Lipinski definition) is 5. The second-order valence-corrected chi connectivity index (χ2v) is 3.13. The molecule has 0 radical (unpaired) electrons. The van der Waals surface area contributed by atoms with E-state index in [-0.39, 0.29) is 11.9 Å². The van der Waals surface area contributed by atoms with Crippen molar-refractivity contribution in [1.82, 2.24) is 9.97 Å². The molecule has 1 atom stereocenters. The predicted molar refractivity (Wildman–Crippen MR) is 58.0 cm³/mol. The highest BCUT2D eigenvalue weighted by molar-refractivity contribution is 5.92. The lowest BCUT2D eigenvalue weighted by Crippen LogP contribution is -2.19. The van der Waals surface area contributed by atoms with E-state index in [2.05, 4.69) is 15.3 Å². The SMILES string of the molecule is COC(C)CNc1cnc(C(=N)N)cn1. The molecule has 1 aromatic heterocycles. The third-order valence-electron chi connectivity index (χ3n) is 1.90. The molecule has 6 heteroatoms. The lowest BCUT2D eigenvalue weighted by Gasteiger charge is -2.10. The highest BCUT2D eigenvalue weighted by Crippen LogP contribution is 2.01. The predicted octanol–water partition coefficient (Wildman–Crippen LogP) is 0.207. The number of nitrogens with zero attached hydrogens (tertiary/aromatic N) is 2. The average molecular weight is 209 g/mol. The van der Waals surface area contributed by atoms with E-state index >= 15 is 0 Å². The number of amidine groups is 1. The number of nitrogens with two attached hydrogens (primary N) is 1. The zero-order valence-corrected chi connectivity index (χ0v) is 8.82. The van der Waals surface area contributed by atoms with Gasteiger partial charge in [0.25, 0.3) is 0 Å². The van der Waals surface area contributed by atoms with Gasteiger partial charge in [-0.3, -0.25) is 5.41 Å². The second kappa shape index (κ2) is 5.26. The van der Waals surface area contributed by atoms with Crippen LogP contribution in [0.5, 0.6) is 0 Å². The standard InChI is InChI=1S/C9H15N5O/c1-6(15-2)3-13-8-5-12-7(4-14-8)9(10)11/h4-6H,3H2,1-2H3,(H3,10,11)(H,13,14). The first kappa shape index (κ1) is 11.4. The number of methoxy groups -OCH3 is 1. The third kappa shape index (κ3) is 3.51. The molecule has 0 spiro atoms. The molecule has 0 amide bonds. The molecule has 6 nitrogen and oxygen atoms in total. The first-order valence-corrected chi connectivity index (χ1v) is 4.56. The van der Waals surface area contributed by atoms with Crippen LogP contribution in [0.4, 0.5) is 5.82 Å². The quantitative estimate of drug-likeness (QED) is 0.475. The molecule has 0 saturated heterocycles. The molecule has 1 rings (SSSR count). The van der Waals surface area contributed by atoms with Crippen molar-refractivity contribution in [1.29, 1.82) is 5.41 Å². The Balaban J connectivity index is 2.53. The zero-order valence-electron chi connectivity index (χ0n) is 8.82. The third-order valence-corrected chi connectivity index (χ3v) is 1.90. The highest BCUT2D eigenvalue weighted by Gasteiger charge is 2.01. The number of rotatable bonds is 5. The van der Waals surface area contributed by atoms with Crippen LogP contribution in [0.25, 0.3) is 0 Å². The van der Waals surface area contributed by atoms with E-state index in [1.54, 1.807) is 13.3 Å². The van der Waals surface area contributed by atoms with Crippen LogP contribution in [0, 0.1) is 5.41 Å². The first-order chi connectivity index (χ1) is 7.13. The van der Waals surface area contributed by atoms with Crippen molar-refractivity contribution >= 4 is 11.7 Å². The number of hydrogen-bond donors (Lipinski definition) is 3. The van der Waals surface area contributed by atoms with E-state index in [0.29, 0.717) is 18.1 Å². The lowest BCUT2D eigenvalue weighted by atomic mass is 10.4. The minimum Gasteiger partial charge on any atom is -0.382 e. The van der Waals surface area contributed by atoms with Crippen LogP contribution in [0.3, 0.4) is 0 Å². The van der Waals surface area contributed by atoms with Crippen molar-refractivity contribution in [2.75, 3.05) is 19.0 Å². The number of ether oxygens (including phenoxy) is 1. The van der Waals surface area contributed by atoms with Crippen molar-refractivity contribution in [3.8, 4) is 0 Å². The maximum atomic E-state index is 7.14. The topological polar surface area (TPSA) is 96.9 Å². The van der Waals surface area contributed by atoms with Gasteiger partial charge >= 0.3 is 0 Å². The zero-order chi connectivity index (χ0) is 11.3. The Morgan fingerprint density at radius 1 is 1.60 bits per heavy atom. The van der Waals surface area contributed by atoms with Crippen LogP contribution in [0.2, 0.25) is 0 Å². The van der Waals surface area contributed by atoms with Gasteiger partial charge in [0.15, 0.2) is 0 Å². The summed E-state index contributed by atoms with van der Waals surface area (Å²) in [6.07, 6.45) is 3.11. The normalized spacial score (nSPS) is 12.1. The van der Waals surface area contributed by atoms with Gasteiger partial charge in [-0.1, -0.05) is 0 Å². The minimum atomic E-state index is -0.0840. The van der Waals surface area contributed by atoms with E-state index in [9.17, 15) is 0 Å². The first-order valence-electron chi connectivity index (χ1n) is 4.56. The van der Waals surface area contributed by atoms with Crippen LogP contribution in [-0.4, -0.2) is 35.6 Å². The highest BCUT2D eigenvalue weighted by atomic mass is 16.5. The van der Waals surface area contributed by atoms with Crippen LogP contribution in [0.15, 0.2) is 12.4 Å². The van der Waals surface area contributed by atoms with Gasteiger partial charge < -0.3 is 15.8 Å². The molecule has 15 heavy (non-hydrogen) atoms. The van der Waals surface area contributed by atoms with Gasteiger partial charge in [-0.25, -0.2) is 9.97 Å². The molecular weight excluding hydrogens is 194 g/mol. The Morgan fingerprint density at radius 2 is 2.33 bits per heavy atom. The number of anilines is 1. The van der Waals surface area contributed by atoms with Gasteiger partial charge in [0.05, 0.1) is 18.5 Å². The Morgan fingerprint density at radius 3 is 2.80 bits per heavy atom. The fourth-order valence-electron chi connectivity index (χ4n) is 0.890. The van der Waals surface area contributed by atoms with Crippen LogP contribution >= 0.6 is 0 Å². The van der Waals surface area contributed by atoms with Gasteiger partial charge in [0.2, 0.25) is 0 Å². The second-order valence-electron chi connectivity index (χ2n) is 3.13. The summed E-state index contributed by atoms with van der Waals surface area (Å²) in [7, 11) is 1.65. The van der Waals surface area contributed by atoms with E-state index in [1.165, 1.54) is 6.20 Å². The van der Waals surface area contributed by atoms with E-state index in [1.807, 2.05) is 6.92 Å². The molecule has 82 valence electrons. The smallest absolute Gasteiger partial charge is 0.144 e. The molecule has 0 aliphatic carbocycles. The summed E-state index contributed by atoms with van der Waals surface area (Å²) in [5.74, 6) is 0.559. The van der Waals surface area contributed by atoms with Gasteiger partial charge in [-0.05, 0) is 6.92 Å². The van der Waals surface area contributed by atoms with Crippen molar-refractivity contribution in [3.05, 3.63) is 18.1 Å². The Bertz CT molecular complexity index is 324. The Labute approximate surface area is 88.4 Å². The van der Waals surface area contributed by atoms with Crippen molar-refractivity contribution in [3.63, 3.8) is 0 Å². The molecule has 0 aliphatic heterocycles.